The van der Waals surface area contributed by atoms with Crippen molar-refractivity contribution in [1.82, 2.24) is 9.88 Å². The predicted octanol–water partition coefficient (Wildman–Crippen LogP) is 1.85. The quantitative estimate of drug-likeness (QED) is 0.790. The zero-order valence-corrected chi connectivity index (χ0v) is 13.3. The number of rotatable bonds is 1. The molecule has 0 spiro atoms. The molecule has 0 aromatic carbocycles. The van der Waals surface area contributed by atoms with Gasteiger partial charge in [-0.3, -0.25) is 0 Å². The molecule has 1 aromatic heterocycles. The molecule has 1 aliphatic rings. The molecule has 8 heteroatoms. The summed E-state index contributed by atoms with van der Waals surface area (Å²) in [5.74, 6) is -0.0590. The zero-order valence-electron chi connectivity index (χ0n) is 11.7. The summed E-state index contributed by atoms with van der Waals surface area (Å²) >= 11 is 1.29. The summed E-state index contributed by atoms with van der Waals surface area (Å²) in [6, 6.07) is 0. The molecule has 1 atom stereocenters. The third-order valence-corrected chi connectivity index (χ3v) is 5.87. The van der Waals surface area contributed by atoms with E-state index >= 15 is 0 Å². The molecule has 112 valence electrons. The summed E-state index contributed by atoms with van der Waals surface area (Å²) in [6.07, 6.45) is 1.09. The van der Waals surface area contributed by atoms with E-state index in [-0.39, 0.29) is 18.8 Å². The van der Waals surface area contributed by atoms with Gasteiger partial charge in [-0.15, -0.1) is 11.3 Å². The molecular weight excluding hydrogens is 300 g/mol. The Morgan fingerprint density at radius 3 is 2.75 bits per heavy atom. The first-order valence-electron chi connectivity index (χ1n) is 6.28. The highest BCUT2D eigenvalue weighted by molar-refractivity contribution is 7.91. The monoisotopic (exact) mass is 318 g/mol. The predicted molar refractivity (Wildman–Crippen MR) is 76.4 cm³/mol. The van der Waals surface area contributed by atoms with E-state index in [1.54, 1.807) is 32.3 Å². The Morgan fingerprint density at radius 1 is 1.50 bits per heavy atom. The van der Waals surface area contributed by atoms with E-state index < -0.39 is 26.8 Å². The second-order valence-corrected chi connectivity index (χ2v) is 8.88. The molecule has 1 aromatic rings. The average Bonchev–Trinajstić information content (AvgIpc) is 2.79. The van der Waals surface area contributed by atoms with Gasteiger partial charge in [-0.1, -0.05) is 0 Å². The molecular formula is C12H18N2O4S2. The lowest BCUT2D eigenvalue weighted by atomic mass is 10.2. The Balaban J connectivity index is 2.15. The largest absolute Gasteiger partial charge is 0.444 e. The van der Waals surface area contributed by atoms with Crippen LogP contribution in [0.1, 0.15) is 31.0 Å². The summed E-state index contributed by atoms with van der Waals surface area (Å²) in [5.41, 5.74) is -0.593. The maximum absolute atomic E-state index is 12.1. The van der Waals surface area contributed by atoms with Crippen molar-refractivity contribution in [2.75, 3.05) is 18.8 Å². The summed E-state index contributed by atoms with van der Waals surface area (Å²) < 4.78 is 29.5. The first kappa shape index (κ1) is 15.2. The molecule has 1 fully saturated rings. The summed E-state index contributed by atoms with van der Waals surface area (Å²) in [5, 5.41) is 1.51. The molecule has 1 unspecified atom stereocenters. The van der Waals surface area contributed by atoms with Gasteiger partial charge < -0.3 is 9.64 Å². The van der Waals surface area contributed by atoms with Crippen LogP contribution in [-0.2, 0) is 14.6 Å². The highest BCUT2D eigenvalue weighted by Gasteiger charge is 2.38. The molecule has 0 radical (unpaired) electrons. The molecule has 0 aliphatic carbocycles. The average molecular weight is 318 g/mol. The van der Waals surface area contributed by atoms with E-state index in [2.05, 4.69) is 4.98 Å². The van der Waals surface area contributed by atoms with E-state index in [0.29, 0.717) is 5.01 Å². The number of ether oxygens (including phenoxy) is 1. The zero-order chi connectivity index (χ0) is 15.0. The van der Waals surface area contributed by atoms with E-state index in [4.69, 9.17) is 4.74 Å². The fourth-order valence-electron chi connectivity index (χ4n) is 1.90. The molecule has 1 aliphatic heterocycles. The van der Waals surface area contributed by atoms with Crippen molar-refractivity contribution >= 4 is 27.3 Å². The van der Waals surface area contributed by atoms with Crippen LogP contribution in [-0.4, -0.2) is 48.8 Å². The number of thiazole rings is 1. The Kier molecular flexibility index (Phi) is 4.06. The number of carbonyl (C=O) groups excluding carboxylic acids is 1. The van der Waals surface area contributed by atoms with Crippen LogP contribution in [0.15, 0.2) is 11.6 Å². The van der Waals surface area contributed by atoms with Crippen molar-refractivity contribution in [3.05, 3.63) is 16.6 Å². The highest BCUT2D eigenvalue weighted by atomic mass is 32.2. The van der Waals surface area contributed by atoms with Crippen LogP contribution in [0.3, 0.4) is 0 Å². The van der Waals surface area contributed by atoms with Crippen molar-refractivity contribution in [2.45, 2.75) is 31.6 Å². The number of hydrogen-bond donors (Lipinski definition) is 0. The number of amides is 1. The van der Waals surface area contributed by atoms with Crippen molar-refractivity contribution in [3.63, 3.8) is 0 Å². The lowest BCUT2D eigenvalue weighted by Crippen LogP contribution is -2.47. The van der Waals surface area contributed by atoms with E-state index in [1.165, 1.54) is 16.2 Å². The maximum atomic E-state index is 12.1. The Labute approximate surface area is 122 Å². The van der Waals surface area contributed by atoms with E-state index in [1.807, 2.05) is 0 Å². The van der Waals surface area contributed by atoms with Crippen LogP contribution in [0.5, 0.6) is 0 Å². The van der Waals surface area contributed by atoms with Gasteiger partial charge in [0.25, 0.3) is 0 Å². The molecule has 2 heterocycles. The Hall–Kier alpha value is -1.15. The fraction of sp³-hybridized carbons (Fsp3) is 0.667. The highest BCUT2D eigenvalue weighted by Crippen LogP contribution is 2.30. The van der Waals surface area contributed by atoms with Crippen LogP contribution >= 0.6 is 11.3 Å². The third-order valence-electron chi connectivity index (χ3n) is 2.84. The summed E-state index contributed by atoms with van der Waals surface area (Å²) in [7, 11) is -3.26. The van der Waals surface area contributed by atoms with Crippen molar-refractivity contribution in [3.8, 4) is 0 Å². The molecule has 0 bridgehead atoms. The van der Waals surface area contributed by atoms with Gasteiger partial charge >= 0.3 is 6.09 Å². The number of hydrogen-bond acceptors (Lipinski definition) is 6. The molecule has 0 N–H and O–H groups in total. The Morgan fingerprint density at radius 2 is 2.20 bits per heavy atom. The molecule has 1 amide bonds. The fourth-order valence-corrected chi connectivity index (χ4v) is 4.65. The number of carbonyl (C=O) groups is 1. The smallest absolute Gasteiger partial charge is 0.410 e. The van der Waals surface area contributed by atoms with Crippen LogP contribution < -0.4 is 0 Å². The first-order valence-corrected chi connectivity index (χ1v) is 8.87. The van der Waals surface area contributed by atoms with Crippen molar-refractivity contribution in [2.24, 2.45) is 0 Å². The number of sulfone groups is 1. The van der Waals surface area contributed by atoms with Gasteiger partial charge in [0.15, 0.2) is 9.84 Å². The summed E-state index contributed by atoms with van der Waals surface area (Å²) in [4.78, 5) is 17.5. The third kappa shape index (κ3) is 3.49. The molecule has 0 saturated carbocycles. The van der Waals surface area contributed by atoms with Gasteiger partial charge in [-0.05, 0) is 20.8 Å². The maximum Gasteiger partial charge on any atom is 0.410 e. The van der Waals surface area contributed by atoms with E-state index in [9.17, 15) is 13.2 Å². The summed E-state index contributed by atoms with van der Waals surface area (Å²) in [6.45, 7) is 5.61. The number of aromatic nitrogens is 1. The normalized spacial score (nSPS) is 22.6. The van der Waals surface area contributed by atoms with Gasteiger partial charge in [0.1, 0.15) is 15.9 Å². The van der Waals surface area contributed by atoms with Crippen LogP contribution in [0.4, 0.5) is 4.79 Å². The van der Waals surface area contributed by atoms with Crippen LogP contribution in [0.25, 0.3) is 0 Å². The number of nitrogens with zero attached hydrogens (tertiary/aromatic N) is 2. The lowest BCUT2D eigenvalue weighted by molar-refractivity contribution is 0.0253. The topological polar surface area (TPSA) is 76.6 Å². The van der Waals surface area contributed by atoms with Crippen LogP contribution in [0.2, 0.25) is 0 Å². The second-order valence-electron chi connectivity index (χ2n) is 5.65. The standard InChI is InChI=1S/C12H18N2O4S2/c1-12(2,3)18-11(15)14-5-7-20(16,17)9(8-14)10-13-4-6-19-10/h4,6,9H,5,7-8H2,1-3H3. The minimum atomic E-state index is -3.26. The van der Waals surface area contributed by atoms with Gasteiger partial charge in [-0.2, -0.15) is 0 Å². The second kappa shape index (κ2) is 5.33. The van der Waals surface area contributed by atoms with Gasteiger partial charge in [0.2, 0.25) is 0 Å². The first-order chi connectivity index (χ1) is 9.19. The molecule has 1 saturated heterocycles. The van der Waals surface area contributed by atoms with Crippen molar-refractivity contribution < 1.29 is 17.9 Å². The van der Waals surface area contributed by atoms with Gasteiger partial charge in [0, 0.05) is 24.7 Å². The molecule has 6 nitrogen and oxygen atoms in total. The van der Waals surface area contributed by atoms with Crippen LogP contribution in [0, 0.1) is 0 Å². The van der Waals surface area contributed by atoms with Gasteiger partial charge in [-0.25, -0.2) is 18.2 Å². The lowest BCUT2D eigenvalue weighted by Gasteiger charge is -2.33. The molecule has 20 heavy (non-hydrogen) atoms. The van der Waals surface area contributed by atoms with E-state index in [0.717, 1.165) is 0 Å². The van der Waals surface area contributed by atoms with Crippen molar-refractivity contribution in [1.29, 1.82) is 0 Å². The Bertz CT molecular complexity index is 575. The SMILES string of the molecule is CC(C)(C)OC(=O)N1CCS(=O)(=O)C(c2nccs2)C1. The minimum Gasteiger partial charge on any atom is -0.444 e. The minimum absolute atomic E-state index is 0.0590. The van der Waals surface area contributed by atoms with Gasteiger partial charge in [0.05, 0.1) is 5.75 Å². The molecule has 2 rings (SSSR count).